The van der Waals surface area contributed by atoms with E-state index in [9.17, 15) is 0 Å². The van der Waals surface area contributed by atoms with Crippen LogP contribution in [0.15, 0.2) is 12.4 Å². The number of rotatable bonds is 3. The lowest BCUT2D eigenvalue weighted by Gasteiger charge is -2.04. The molecule has 1 N–H and O–H groups in total. The lowest BCUT2D eigenvalue weighted by Crippen LogP contribution is -2.05. The van der Waals surface area contributed by atoms with E-state index in [1.165, 1.54) is 23.1 Å². The zero-order chi connectivity index (χ0) is 10.3. The maximum Gasteiger partial charge on any atom is 0.138 e. The van der Waals surface area contributed by atoms with E-state index in [-0.39, 0.29) is 0 Å². The van der Waals surface area contributed by atoms with Gasteiger partial charge in [-0.2, -0.15) is 0 Å². The molecule has 2 heterocycles. The third kappa shape index (κ3) is 1.81. The van der Waals surface area contributed by atoms with E-state index in [1.807, 2.05) is 0 Å². The maximum absolute atomic E-state index is 4.30. The van der Waals surface area contributed by atoms with Crippen LogP contribution in [0.25, 0.3) is 10.2 Å². The fourth-order valence-electron chi connectivity index (χ4n) is 1.68. The molecule has 0 amide bonds. The number of thiophene rings is 1. The normalized spacial score (nSPS) is 15.8. The Labute approximate surface area is 92.6 Å². The maximum atomic E-state index is 4.30. The SMILES string of the molecule is Cc1cc2c(NCC3CC3)ncnc2s1. The van der Waals surface area contributed by atoms with Gasteiger partial charge in [-0.05, 0) is 31.7 Å². The third-order valence-corrected chi connectivity index (χ3v) is 3.67. The van der Waals surface area contributed by atoms with E-state index in [0.29, 0.717) is 0 Å². The van der Waals surface area contributed by atoms with Gasteiger partial charge in [0.1, 0.15) is 17.0 Å². The second-order valence-electron chi connectivity index (χ2n) is 4.12. The molecule has 0 aliphatic heterocycles. The van der Waals surface area contributed by atoms with E-state index in [0.717, 1.165) is 23.1 Å². The Bertz CT molecular complexity index is 488. The Morgan fingerprint density at radius 1 is 1.47 bits per heavy atom. The predicted octanol–water partition coefficient (Wildman–Crippen LogP) is 2.82. The van der Waals surface area contributed by atoms with Crippen LogP contribution in [0, 0.1) is 12.8 Å². The number of nitrogens with one attached hydrogen (secondary N) is 1. The second-order valence-corrected chi connectivity index (χ2v) is 5.36. The fraction of sp³-hybridized carbons (Fsp3) is 0.455. The molecule has 1 fully saturated rings. The van der Waals surface area contributed by atoms with Gasteiger partial charge in [-0.3, -0.25) is 0 Å². The molecule has 0 atom stereocenters. The standard InChI is InChI=1S/C11H13N3S/c1-7-4-9-10(12-5-8-2-3-8)13-6-14-11(9)15-7/h4,6,8H,2-3,5H2,1H3,(H,12,13,14). The van der Waals surface area contributed by atoms with Gasteiger partial charge < -0.3 is 5.32 Å². The Balaban J connectivity index is 1.93. The quantitative estimate of drug-likeness (QED) is 0.862. The average Bonchev–Trinajstić information content (AvgIpc) is 2.96. The molecule has 0 unspecified atom stereocenters. The largest absolute Gasteiger partial charge is 0.369 e. The van der Waals surface area contributed by atoms with Gasteiger partial charge in [-0.1, -0.05) is 0 Å². The first kappa shape index (κ1) is 9.09. The molecule has 2 aromatic rings. The van der Waals surface area contributed by atoms with Crippen LogP contribution in [0.3, 0.4) is 0 Å². The minimum absolute atomic E-state index is 0.870. The summed E-state index contributed by atoms with van der Waals surface area (Å²) in [6.07, 6.45) is 4.38. The lowest BCUT2D eigenvalue weighted by molar-refractivity contribution is 0.884. The summed E-state index contributed by atoms with van der Waals surface area (Å²) in [4.78, 5) is 11.0. The molecular weight excluding hydrogens is 206 g/mol. The van der Waals surface area contributed by atoms with Crippen molar-refractivity contribution in [3.05, 3.63) is 17.3 Å². The van der Waals surface area contributed by atoms with Gasteiger partial charge in [0.25, 0.3) is 0 Å². The first-order valence-corrected chi connectivity index (χ1v) is 6.09. The summed E-state index contributed by atoms with van der Waals surface area (Å²) in [7, 11) is 0. The molecule has 0 radical (unpaired) electrons. The summed E-state index contributed by atoms with van der Waals surface area (Å²) in [6.45, 7) is 3.16. The molecule has 1 saturated carbocycles. The number of hydrogen-bond donors (Lipinski definition) is 1. The first-order valence-electron chi connectivity index (χ1n) is 5.28. The number of hydrogen-bond acceptors (Lipinski definition) is 4. The average molecular weight is 219 g/mol. The number of fused-ring (bicyclic) bond motifs is 1. The molecule has 0 spiro atoms. The van der Waals surface area contributed by atoms with Gasteiger partial charge in [0.15, 0.2) is 0 Å². The highest BCUT2D eigenvalue weighted by atomic mass is 32.1. The molecule has 2 aromatic heterocycles. The van der Waals surface area contributed by atoms with E-state index in [2.05, 4.69) is 28.3 Å². The highest BCUT2D eigenvalue weighted by Gasteiger charge is 2.21. The van der Waals surface area contributed by atoms with Gasteiger partial charge in [0.2, 0.25) is 0 Å². The summed E-state index contributed by atoms with van der Waals surface area (Å²) in [5, 5.41) is 4.59. The summed E-state index contributed by atoms with van der Waals surface area (Å²) in [5.41, 5.74) is 0. The molecule has 3 nitrogen and oxygen atoms in total. The smallest absolute Gasteiger partial charge is 0.138 e. The topological polar surface area (TPSA) is 37.8 Å². The van der Waals surface area contributed by atoms with Crippen molar-refractivity contribution >= 4 is 27.4 Å². The van der Waals surface area contributed by atoms with Crippen LogP contribution in [-0.2, 0) is 0 Å². The molecule has 3 rings (SSSR count). The summed E-state index contributed by atoms with van der Waals surface area (Å²) in [5.74, 6) is 1.87. The number of anilines is 1. The lowest BCUT2D eigenvalue weighted by atomic mass is 10.3. The molecule has 0 bridgehead atoms. The van der Waals surface area contributed by atoms with E-state index < -0.39 is 0 Å². The predicted molar refractivity (Wildman–Crippen MR) is 63.4 cm³/mol. The van der Waals surface area contributed by atoms with Gasteiger partial charge >= 0.3 is 0 Å². The van der Waals surface area contributed by atoms with Crippen LogP contribution in [0.4, 0.5) is 5.82 Å². The Morgan fingerprint density at radius 3 is 3.13 bits per heavy atom. The van der Waals surface area contributed by atoms with Crippen molar-refractivity contribution in [1.82, 2.24) is 9.97 Å². The number of aromatic nitrogens is 2. The van der Waals surface area contributed by atoms with E-state index in [1.54, 1.807) is 17.7 Å². The first-order chi connectivity index (χ1) is 7.33. The van der Waals surface area contributed by atoms with Crippen molar-refractivity contribution in [2.24, 2.45) is 5.92 Å². The molecule has 78 valence electrons. The molecule has 0 aromatic carbocycles. The van der Waals surface area contributed by atoms with E-state index in [4.69, 9.17) is 0 Å². The minimum Gasteiger partial charge on any atom is -0.369 e. The number of aryl methyl sites for hydroxylation is 1. The zero-order valence-corrected chi connectivity index (χ0v) is 9.47. The van der Waals surface area contributed by atoms with Crippen LogP contribution in [-0.4, -0.2) is 16.5 Å². The Kier molecular flexibility index (Phi) is 2.09. The van der Waals surface area contributed by atoms with Crippen molar-refractivity contribution < 1.29 is 0 Å². The van der Waals surface area contributed by atoms with Gasteiger partial charge in [0, 0.05) is 11.4 Å². The van der Waals surface area contributed by atoms with Crippen LogP contribution in [0.5, 0.6) is 0 Å². The van der Waals surface area contributed by atoms with Crippen molar-refractivity contribution in [2.75, 3.05) is 11.9 Å². The molecule has 1 aliphatic rings. The van der Waals surface area contributed by atoms with Crippen molar-refractivity contribution in [1.29, 1.82) is 0 Å². The second kappa shape index (κ2) is 3.45. The summed E-state index contributed by atoms with van der Waals surface area (Å²) >= 11 is 1.73. The van der Waals surface area contributed by atoms with Gasteiger partial charge in [-0.25, -0.2) is 9.97 Å². The van der Waals surface area contributed by atoms with E-state index >= 15 is 0 Å². The third-order valence-electron chi connectivity index (χ3n) is 2.71. The van der Waals surface area contributed by atoms with Gasteiger partial charge in [0.05, 0.1) is 5.39 Å². The van der Waals surface area contributed by atoms with Crippen molar-refractivity contribution in [2.45, 2.75) is 19.8 Å². The van der Waals surface area contributed by atoms with Crippen molar-refractivity contribution in [3.63, 3.8) is 0 Å². The van der Waals surface area contributed by atoms with Crippen molar-refractivity contribution in [3.8, 4) is 0 Å². The minimum atomic E-state index is 0.870. The highest BCUT2D eigenvalue weighted by Crippen LogP contribution is 2.31. The fourth-order valence-corrected chi connectivity index (χ4v) is 2.53. The molecule has 4 heteroatoms. The van der Waals surface area contributed by atoms with Gasteiger partial charge in [-0.15, -0.1) is 11.3 Å². The van der Waals surface area contributed by atoms with Crippen LogP contribution < -0.4 is 5.32 Å². The monoisotopic (exact) mass is 219 g/mol. The molecule has 1 aliphatic carbocycles. The highest BCUT2D eigenvalue weighted by molar-refractivity contribution is 7.18. The summed E-state index contributed by atoms with van der Waals surface area (Å²) < 4.78 is 0. The van der Waals surface area contributed by atoms with Crippen LogP contribution >= 0.6 is 11.3 Å². The zero-order valence-electron chi connectivity index (χ0n) is 8.66. The summed E-state index contributed by atoms with van der Waals surface area (Å²) in [6, 6.07) is 2.16. The molecule has 0 saturated heterocycles. The van der Waals surface area contributed by atoms with Crippen LogP contribution in [0.1, 0.15) is 17.7 Å². The van der Waals surface area contributed by atoms with Crippen LogP contribution in [0.2, 0.25) is 0 Å². The Hall–Kier alpha value is -1.16. The molecular formula is C11H13N3S. The number of nitrogens with zero attached hydrogens (tertiary/aromatic N) is 2. The Morgan fingerprint density at radius 2 is 2.33 bits per heavy atom. The molecule has 15 heavy (non-hydrogen) atoms.